The molecule has 34 heavy (non-hydrogen) atoms. The molecule has 0 fully saturated rings. The standard InChI is InChI=1S/C32H64O2/c1-4-7-9-10-11-12-13-14-15-16-17-18-19-20-21-22-23-24-25-26-27-29-32(33)34-30-31(6-3)28-8-5-2/h31H,4-30H2,1-3H3. The molecule has 0 aromatic heterocycles. The molecular weight excluding hydrogens is 416 g/mol. The fourth-order valence-corrected chi connectivity index (χ4v) is 4.88. The molecule has 2 heteroatoms. The molecule has 0 aromatic carbocycles. The van der Waals surface area contributed by atoms with E-state index >= 15 is 0 Å². The van der Waals surface area contributed by atoms with Crippen molar-refractivity contribution in [3.63, 3.8) is 0 Å². The molecular formula is C32H64O2. The highest BCUT2D eigenvalue weighted by Gasteiger charge is 2.09. The molecule has 0 N–H and O–H groups in total. The molecule has 0 amide bonds. The summed E-state index contributed by atoms with van der Waals surface area (Å²) in [5.41, 5.74) is 0. The number of rotatable bonds is 28. The van der Waals surface area contributed by atoms with Crippen LogP contribution in [0.2, 0.25) is 0 Å². The monoisotopic (exact) mass is 480 g/mol. The van der Waals surface area contributed by atoms with Crippen molar-refractivity contribution < 1.29 is 9.53 Å². The predicted molar refractivity (Wildman–Crippen MR) is 152 cm³/mol. The summed E-state index contributed by atoms with van der Waals surface area (Å²) in [6.45, 7) is 7.35. The second-order valence-electron chi connectivity index (χ2n) is 10.9. The maximum Gasteiger partial charge on any atom is 0.305 e. The van der Waals surface area contributed by atoms with Gasteiger partial charge in [-0.1, -0.05) is 168 Å². The maximum atomic E-state index is 11.9. The summed E-state index contributed by atoms with van der Waals surface area (Å²) >= 11 is 0. The van der Waals surface area contributed by atoms with Gasteiger partial charge in [0, 0.05) is 6.42 Å². The van der Waals surface area contributed by atoms with Crippen LogP contribution in [0.5, 0.6) is 0 Å². The van der Waals surface area contributed by atoms with Crippen LogP contribution in [0.1, 0.15) is 188 Å². The van der Waals surface area contributed by atoms with E-state index in [0.717, 1.165) is 12.8 Å². The Morgan fingerprint density at radius 1 is 0.500 bits per heavy atom. The van der Waals surface area contributed by atoms with E-state index in [1.54, 1.807) is 0 Å². The molecule has 204 valence electrons. The molecule has 1 unspecified atom stereocenters. The Morgan fingerprint density at radius 3 is 1.21 bits per heavy atom. The number of ether oxygens (including phenoxy) is 1. The van der Waals surface area contributed by atoms with Gasteiger partial charge < -0.3 is 4.74 Å². The van der Waals surface area contributed by atoms with E-state index in [9.17, 15) is 4.79 Å². The second kappa shape index (κ2) is 28.7. The van der Waals surface area contributed by atoms with Crippen LogP contribution in [0.3, 0.4) is 0 Å². The number of hydrogen-bond acceptors (Lipinski definition) is 2. The Bertz CT molecular complexity index is 392. The number of esters is 1. The van der Waals surface area contributed by atoms with Crippen molar-refractivity contribution in [2.24, 2.45) is 5.92 Å². The van der Waals surface area contributed by atoms with E-state index in [4.69, 9.17) is 4.74 Å². The summed E-state index contributed by atoms with van der Waals surface area (Å²) < 4.78 is 5.50. The molecule has 2 nitrogen and oxygen atoms in total. The van der Waals surface area contributed by atoms with Crippen LogP contribution in [0.25, 0.3) is 0 Å². The number of hydrogen-bond donors (Lipinski definition) is 0. The minimum absolute atomic E-state index is 0.0211. The van der Waals surface area contributed by atoms with Crippen molar-refractivity contribution in [1.29, 1.82) is 0 Å². The van der Waals surface area contributed by atoms with Crippen molar-refractivity contribution in [1.82, 2.24) is 0 Å². The quantitative estimate of drug-likeness (QED) is 0.0821. The van der Waals surface area contributed by atoms with Gasteiger partial charge in [-0.15, -0.1) is 0 Å². The lowest BCUT2D eigenvalue weighted by Crippen LogP contribution is -2.13. The van der Waals surface area contributed by atoms with E-state index in [1.807, 2.05) is 0 Å². The zero-order chi connectivity index (χ0) is 25.0. The van der Waals surface area contributed by atoms with Gasteiger partial charge in [0.1, 0.15) is 0 Å². The minimum atomic E-state index is 0.0211. The molecule has 1 atom stereocenters. The third-order valence-corrected chi connectivity index (χ3v) is 7.51. The van der Waals surface area contributed by atoms with Gasteiger partial charge >= 0.3 is 5.97 Å². The zero-order valence-electron chi connectivity index (χ0n) is 24.0. The van der Waals surface area contributed by atoms with E-state index in [1.165, 1.54) is 148 Å². The van der Waals surface area contributed by atoms with Crippen LogP contribution in [0.4, 0.5) is 0 Å². The van der Waals surface area contributed by atoms with Gasteiger partial charge in [-0.05, 0) is 18.8 Å². The van der Waals surface area contributed by atoms with Crippen molar-refractivity contribution in [2.75, 3.05) is 6.61 Å². The molecule has 0 heterocycles. The van der Waals surface area contributed by atoms with Crippen LogP contribution >= 0.6 is 0 Å². The Hall–Kier alpha value is -0.530. The average Bonchev–Trinajstić information content (AvgIpc) is 2.85. The fourth-order valence-electron chi connectivity index (χ4n) is 4.88. The van der Waals surface area contributed by atoms with Gasteiger partial charge in [-0.25, -0.2) is 0 Å². The smallest absolute Gasteiger partial charge is 0.305 e. The van der Waals surface area contributed by atoms with E-state index in [0.29, 0.717) is 18.9 Å². The molecule has 0 aliphatic heterocycles. The first-order valence-corrected chi connectivity index (χ1v) is 15.9. The average molecular weight is 481 g/mol. The lowest BCUT2D eigenvalue weighted by Gasteiger charge is -2.14. The van der Waals surface area contributed by atoms with E-state index in [2.05, 4.69) is 20.8 Å². The van der Waals surface area contributed by atoms with Crippen LogP contribution in [0, 0.1) is 5.92 Å². The minimum Gasteiger partial charge on any atom is -0.465 e. The largest absolute Gasteiger partial charge is 0.465 e. The summed E-state index contributed by atoms with van der Waals surface area (Å²) in [5.74, 6) is 0.580. The number of unbranched alkanes of at least 4 members (excludes halogenated alkanes) is 21. The zero-order valence-corrected chi connectivity index (χ0v) is 24.0. The SMILES string of the molecule is CCCCCCCCCCCCCCCCCCCCCCCC(=O)OCC(CC)CCCC. The molecule has 0 saturated carbocycles. The maximum absolute atomic E-state index is 11.9. The third-order valence-electron chi connectivity index (χ3n) is 7.51. The molecule has 0 radical (unpaired) electrons. The Kier molecular flexibility index (Phi) is 28.3. The van der Waals surface area contributed by atoms with Crippen molar-refractivity contribution >= 4 is 5.97 Å². The third kappa shape index (κ3) is 26.1. The number of carbonyl (C=O) groups excluding carboxylic acids is 1. The van der Waals surface area contributed by atoms with Gasteiger partial charge in [-0.2, -0.15) is 0 Å². The molecule has 0 rings (SSSR count). The normalized spacial score (nSPS) is 12.2. The highest BCUT2D eigenvalue weighted by atomic mass is 16.5. The second-order valence-corrected chi connectivity index (χ2v) is 10.9. The van der Waals surface area contributed by atoms with Gasteiger partial charge in [0.05, 0.1) is 6.61 Å². The Balaban J connectivity index is 3.20. The van der Waals surface area contributed by atoms with Gasteiger partial charge in [0.25, 0.3) is 0 Å². The Morgan fingerprint density at radius 2 is 0.853 bits per heavy atom. The van der Waals surface area contributed by atoms with Crippen molar-refractivity contribution in [3.8, 4) is 0 Å². The number of carbonyl (C=O) groups is 1. The lowest BCUT2D eigenvalue weighted by atomic mass is 10.0. The van der Waals surface area contributed by atoms with Crippen molar-refractivity contribution in [2.45, 2.75) is 188 Å². The summed E-state index contributed by atoms with van der Waals surface area (Å²) in [4.78, 5) is 11.9. The summed E-state index contributed by atoms with van der Waals surface area (Å²) in [7, 11) is 0. The molecule has 0 aliphatic rings. The van der Waals surface area contributed by atoms with Gasteiger partial charge in [-0.3, -0.25) is 4.79 Å². The van der Waals surface area contributed by atoms with Gasteiger partial charge in [0.15, 0.2) is 0 Å². The van der Waals surface area contributed by atoms with Crippen LogP contribution in [-0.2, 0) is 9.53 Å². The van der Waals surface area contributed by atoms with Gasteiger partial charge in [0.2, 0.25) is 0 Å². The first-order chi connectivity index (χ1) is 16.7. The summed E-state index contributed by atoms with van der Waals surface area (Å²) in [6.07, 6.45) is 34.7. The van der Waals surface area contributed by atoms with Crippen molar-refractivity contribution in [3.05, 3.63) is 0 Å². The predicted octanol–water partition coefficient (Wildman–Crippen LogP) is 11.3. The molecule has 0 spiro atoms. The summed E-state index contributed by atoms with van der Waals surface area (Å²) in [5, 5.41) is 0. The fraction of sp³-hybridized carbons (Fsp3) is 0.969. The molecule has 0 bridgehead atoms. The summed E-state index contributed by atoms with van der Waals surface area (Å²) in [6, 6.07) is 0. The highest BCUT2D eigenvalue weighted by molar-refractivity contribution is 5.69. The highest BCUT2D eigenvalue weighted by Crippen LogP contribution is 2.16. The Labute approximate surface area is 215 Å². The molecule has 0 aliphatic carbocycles. The van der Waals surface area contributed by atoms with E-state index < -0.39 is 0 Å². The molecule has 0 aromatic rings. The van der Waals surface area contributed by atoms with Crippen LogP contribution in [0.15, 0.2) is 0 Å². The van der Waals surface area contributed by atoms with Crippen LogP contribution < -0.4 is 0 Å². The first kappa shape index (κ1) is 33.5. The van der Waals surface area contributed by atoms with E-state index in [-0.39, 0.29) is 5.97 Å². The lowest BCUT2D eigenvalue weighted by molar-refractivity contribution is -0.145. The first-order valence-electron chi connectivity index (χ1n) is 15.9. The van der Waals surface area contributed by atoms with Crippen LogP contribution in [-0.4, -0.2) is 12.6 Å². The topological polar surface area (TPSA) is 26.3 Å². The molecule has 0 saturated heterocycles.